The van der Waals surface area contributed by atoms with E-state index in [4.69, 9.17) is 5.73 Å². The van der Waals surface area contributed by atoms with Crippen molar-refractivity contribution in [2.75, 3.05) is 5.73 Å². The van der Waals surface area contributed by atoms with Crippen molar-refractivity contribution < 1.29 is 4.39 Å². The summed E-state index contributed by atoms with van der Waals surface area (Å²) in [6.45, 7) is 8.20. The van der Waals surface area contributed by atoms with Gasteiger partial charge in [-0.3, -0.25) is 0 Å². The molecule has 3 nitrogen and oxygen atoms in total. The number of hydrogen-bond donors (Lipinski definition) is 1. The van der Waals surface area contributed by atoms with Crippen molar-refractivity contribution in [2.24, 2.45) is 0 Å². The van der Waals surface area contributed by atoms with E-state index < -0.39 is 0 Å². The van der Waals surface area contributed by atoms with Crippen molar-refractivity contribution in [3.05, 3.63) is 34.3 Å². The van der Waals surface area contributed by atoms with Crippen molar-refractivity contribution in [3.8, 4) is 11.3 Å². The van der Waals surface area contributed by atoms with Gasteiger partial charge < -0.3 is 10.3 Å². The molecule has 0 bridgehead atoms. The van der Waals surface area contributed by atoms with E-state index in [1.54, 1.807) is 12.1 Å². The minimum absolute atomic E-state index is 0.188. The summed E-state index contributed by atoms with van der Waals surface area (Å²) in [7, 11) is 0. The molecule has 5 heteroatoms. The number of benzene rings is 1. The SMILES string of the molecule is CCc1nc(-c2ccc(Br)cc2F)c(N)n1C(C)(C)C. The summed E-state index contributed by atoms with van der Waals surface area (Å²) >= 11 is 3.26. The third kappa shape index (κ3) is 2.59. The average molecular weight is 340 g/mol. The fourth-order valence-corrected chi connectivity index (χ4v) is 2.68. The summed E-state index contributed by atoms with van der Waals surface area (Å²) in [6, 6.07) is 4.92. The van der Waals surface area contributed by atoms with E-state index in [1.165, 1.54) is 6.07 Å². The topological polar surface area (TPSA) is 43.8 Å². The van der Waals surface area contributed by atoms with Gasteiger partial charge in [0.1, 0.15) is 23.2 Å². The molecule has 0 radical (unpaired) electrons. The quantitative estimate of drug-likeness (QED) is 0.883. The third-order valence-corrected chi connectivity index (χ3v) is 3.65. The first-order valence-electron chi connectivity index (χ1n) is 6.58. The van der Waals surface area contributed by atoms with E-state index in [-0.39, 0.29) is 11.4 Å². The largest absolute Gasteiger partial charge is 0.383 e. The van der Waals surface area contributed by atoms with Crippen molar-refractivity contribution in [1.82, 2.24) is 9.55 Å². The molecule has 0 aliphatic heterocycles. The Morgan fingerprint density at radius 2 is 2.00 bits per heavy atom. The van der Waals surface area contributed by atoms with Gasteiger partial charge in [0.15, 0.2) is 0 Å². The molecule has 2 aromatic rings. The Kier molecular flexibility index (Phi) is 3.91. The van der Waals surface area contributed by atoms with Gasteiger partial charge in [0.2, 0.25) is 0 Å². The van der Waals surface area contributed by atoms with Crippen LogP contribution in [0.15, 0.2) is 22.7 Å². The van der Waals surface area contributed by atoms with Gasteiger partial charge in [-0.05, 0) is 39.0 Å². The van der Waals surface area contributed by atoms with Crippen molar-refractivity contribution >= 4 is 21.7 Å². The van der Waals surface area contributed by atoms with Crippen LogP contribution >= 0.6 is 15.9 Å². The van der Waals surface area contributed by atoms with Crippen LogP contribution in [0.5, 0.6) is 0 Å². The number of aryl methyl sites for hydroxylation is 1. The van der Waals surface area contributed by atoms with Crippen LogP contribution < -0.4 is 5.73 Å². The van der Waals surface area contributed by atoms with Crippen molar-refractivity contribution in [3.63, 3.8) is 0 Å². The predicted molar refractivity (Wildman–Crippen MR) is 84.1 cm³/mol. The number of nitrogens with zero attached hydrogens (tertiary/aromatic N) is 2. The van der Waals surface area contributed by atoms with Crippen LogP contribution in [0.4, 0.5) is 10.2 Å². The van der Waals surface area contributed by atoms with Crippen LogP contribution in [0.25, 0.3) is 11.3 Å². The zero-order valence-electron chi connectivity index (χ0n) is 12.2. The fraction of sp³-hybridized carbons (Fsp3) is 0.400. The molecule has 2 N–H and O–H groups in total. The summed E-state index contributed by atoms with van der Waals surface area (Å²) < 4.78 is 16.8. The van der Waals surface area contributed by atoms with Crippen LogP contribution in [0.1, 0.15) is 33.5 Å². The minimum Gasteiger partial charge on any atom is -0.383 e. The lowest BCUT2D eigenvalue weighted by atomic mass is 10.1. The van der Waals surface area contributed by atoms with E-state index in [0.717, 1.165) is 12.2 Å². The number of rotatable bonds is 2. The first-order valence-corrected chi connectivity index (χ1v) is 7.38. The first-order chi connectivity index (χ1) is 9.25. The van der Waals surface area contributed by atoms with Gasteiger partial charge in [-0.25, -0.2) is 9.37 Å². The zero-order chi connectivity index (χ0) is 15.1. The van der Waals surface area contributed by atoms with Gasteiger partial charge in [0.05, 0.1) is 0 Å². The molecular formula is C15H19BrFN3. The maximum Gasteiger partial charge on any atom is 0.133 e. The van der Waals surface area contributed by atoms with Gasteiger partial charge in [0.25, 0.3) is 0 Å². The van der Waals surface area contributed by atoms with Crippen LogP contribution in [-0.4, -0.2) is 9.55 Å². The summed E-state index contributed by atoms with van der Waals surface area (Å²) in [4.78, 5) is 4.54. The summed E-state index contributed by atoms with van der Waals surface area (Å²) in [5.74, 6) is 1.05. The molecule has 20 heavy (non-hydrogen) atoms. The van der Waals surface area contributed by atoms with E-state index in [2.05, 4.69) is 41.7 Å². The maximum absolute atomic E-state index is 14.1. The second-order valence-electron chi connectivity index (χ2n) is 5.75. The average Bonchev–Trinajstić information content (AvgIpc) is 2.66. The number of hydrogen-bond acceptors (Lipinski definition) is 2. The number of imidazole rings is 1. The zero-order valence-corrected chi connectivity index (χ0v) is 13.8. The number of nitrogens with two attached hydrogens (primary N) is 1. The number of aromatic nitrogens is 2. The Hall–Kier alpha value is -1.36. The molecular weight excluding hydrogens is 321 g/mol. The lowest BCUT2D eigenvalue weighted by Crippen LogP contribution is -2.25. The molecule has 1 heterocycles. The van der Waals surface area contributed by atoms with E-state index in [1.807, 2.05) is 11.5 Å². The lowest BCUT2D eigenvalue weighted by Gasteiger charge is -2.24. The molecule has 0 aliphatic rings. The summed E-state index contributed by atoms with van der Waals surface area (Å²) in [5, 5.41) is 0. The monoisotopic (exact) mass is 339 g/mol. The molecule has 108 valence electrons. The highest BCUT2D eigenvalue weighted by molar-refractivity contribution is 9.10. The van der Waals surface area contributed by atoms with Gasteiger partial charge in [0, 0.05) is 22.0 Å². The molecule has 0 amide bonds. The molecule has 1 aromatic heterocycles. The Balaban J connectivity index is 2.67. The van der Waals surface area contributed by atoms with Gasteiger partial charge in [-0.2, -0.15) is 0 Å². The Labute approximate surface area is 127 Å². The number of halogens is 2. The van der Waals surface area contributed by atoms with Gasteiger partial charge in [-0.15, -0.1) is 0 Å². The van der Waals surface area contributed by atoms with Gasteiger partial charge >= 0.3 is 0 Å². The normalized spacial score (nSPS) is 11.9. The first kappa shape index (κ1) is 15.0. The van der Waals surface area contributed by atoms with Crippen LogP contribution in [-0.2, 0) is 12.0 Å². The molecule has 0 fully saturated rings. The smallest absolute Gasteiger partial charge is 0.133 e. The lowest BCUT2D eigenvalue weighted by molar-refractivity contribution is 0.389. The Morgan fingerprint density at radius 1 is 1.35 bits per heavy atom. The molecule has 0 spiro atoms. The van der Waals surface area contributed by atoms with Crippen LogP contribution in [0.3, 0.4) is 0 Å². The minimum atomic E-state index is -0.327. The number of nitrogen functional groups attached to an aromatic ring is 1. The Bertz CT molecular complexity index is 641. The van der Waals surface area contributed by atoms with Crippen LogP contribution in [0.2, 0.25) is 0 Å². The number of anilines is 1. The summed E-state index contributed by atoms with van der Waals surface area (Å²) in [6.07, 6.45) is 0.750. The predicted octanol–water partition coefficient (Wildman–Crippen LogP) is 4.35. The standard InChI is InChI=1S/C15H19BrFN3/c1-5-12-19-13(14(18)20(12)15(2,3)4)10-7-6-9(16)8-11(10)17/h6-8H,5,18H2,1-4H3. The molecule has 1 aromatic carbocycles. The fourth-order valence-electron chi connectivity index (χ4n) is 2.35. The second kappa shape index (κ2) is 5.20. The van der Waals surface area contributed by atoms with E-state index in [9.17, 15) is 4.39 Å². The molecule has 0 saturated heterocycles. The van der Waals surface area contributed by atoms with E-state index >= 15 is 0 Å². The molecule has 0 unspecified atom stereocenters. The molecule has 0 atom stereocenters. The molecule has 0 aliphatic carbocycles. The third-order valence-electron chi connectivity index (χ3n) is 3.16. The van der Waals surface area contributed by atoms with Crippen LogP contribution in [0, 0.1) is 5.82 Å². The highest BCUT2D eigenvalue weighted by Crippen LogP contribution is 2.33. The van der Waals surface area contributed by atoms with Crippen molar-refractivity contribution in [1.29, 1.82) is 0 Å². The summed E-state index contributed by atoms with van der Waals surface area (Å²) in [5.41, 5.74) is 6.99. The molecule has 0 saturated carbocycles. The molecule has 2 rings (SSSR count). The maximum atomic E-state index is 14.1. The highest BCUT2D eigenvalue weighted by atomic mass is 79.9. The second-order valence-corrected chi connectivity index (χ2v) is 6.66. The van der Waals surface area contributed by atoms with Crippen molar-refractivity contribution in [2.45, 2.75) is 39.7 Å². The van der Waals surface area contributed by atoms with E-state index in [0.29, 0.717) is 21.5 Å². The van der Waals surface area contributed by atoms with Gasteiger partial charge in [-0.1, -0.05) is 22.9 Å². The Morgan fingerprint density at radius 3 is 2.45 bits per heavy atom. The highest BCUT2D eigenvalue weighted by Gasteiger charge is 2.24.